The van der Waals surface area contributed by atoms with E-state index in [1.165, 1.54) is 51.4 Å². The molecule has 2 aliphatic rings. The summed E-state index contributed by atoms with van der Waals surface area (Å²) in [6.45, 7) is 1.31. The van der Waals surface area contributed by atoms with Gasteiger partial charge in [0.05, 0.1) is 13.2 Å². The molecular formula is C11H22O3. The van der Waals surface area contributed by atoms with Gasteiger partial charge >= 0.3 is 0 Å². The normalized spacial score (nSPS) is 24.0. The average molecular weight is 202 g/mol. The summed E-state index contributed by atoms with van der Waals surface area (Å²) in [5.41, 5.74) is 0. The highest BCUT2D eigenvalue weighted by Gasteiger charge is 1.96. The molecule has 1 saturated heterocycles. The molecule has 3 nitrogen and oxygen atoms in total. The van der Waals surface area contributed by atoms with Gasteiger partial charge in [0.15, 0.2) is 0 Å². The number of hydrogen-bond acceptors (Lipinski definition) is 3. The summed E-state index contributed by atoms with van der Waals surface area (Å²) in [4.78, 5) is 8.69. The van der Waals surface area contributed by atoms with Gasteiger partial charge in [0.1, 0.15) is 0 Å². The highest BCUT2D eigenvalue weighted by Crippen LogP contribution is 2.15. The second kappa shape index (κ2) is 9.44. The molecule has 0 radical (unpaired) electrons. The van der Waals surface area contributed by atoms with Crippen LogP contribution < -0.4 is 0 Å². The van der Waals surface area contributed by atoms with Gasteiger partial charge in [0, 0.05) is 6.42 Å². The molecule has 1 aliphatic heterocycles. The first kappa shape index (κ1) is 12.0. The second-order valence-corrected chi connectivity index (χ2v) is 3.89. The third kappa shape index (κ3) is 7.30. The molecule has 0 spiro atoms. The van der Waals surface area contributed by atoms with Gasteiger partial charge in [-0.15, -0.1) is 0 Å². The Kier molecular flexibility index (Phi) is 8.06. The fourth-order valence-corrected chi connectivity index (χ4v) is 1.69. The molecule has 0 aromatic heterocycles. The Bertz CT molecular complexity index is 77.6. The van der Waals surface area contributed by atoms with E-state index in [0.29, 0.717) is 13.2 Å². The van der Waals surface area contributed by atoms with Gasteiger partial charge in [-0.3, -0.25) is 0 Å². The topological polar surface area (TPSA) is 27.7 Å². The van der Waals surface area contributed by atoms with Crippen LogP contribution in [0.25, 0.3) is 0 Å². The van der Waals surface area contributed by atoms with E-state index in [4.69, 9.17) is 0 Å². The summed E-state index contributed by atoms with van der Waals surface area (Å²) < 4.78 is 0. The van der Waals surface area contributed by atoms with Crippen molar-refractivity contribution >= 4 is 0 Å². The van der Waals surface area contributed by atoms with Crippen molar-refractivity contribution in [1.29, 1.82) is 0 Å². The van der Waals surface area contributed by atoms with E-state index in [2.05, 4.69) is 14.8 Å². The molecule has 14 heavy (non-hydrogen) atoms. The highest BCUT2D eigenvalue weighted by molar-refractivity contribution is 4.51. The van der Waals surface area contributed by atoms with Crippen molar-refractivity contribution in [3.05, 3.63) is 0 Å². The Balaban J connectivity index is 0.000000146. The van der Waals surface area contributed by atoms with Gasteiger partial charge in [0.2, 0.25) is 0 Å². The third-order valence-electron chi connectivity index (χ3n) is 2.55. The van der Waals surface area contributed by atoms with E-state index >= 15 is 0 Å². The minimum atomic E-state index is 0.653. The molecule has 0 amide bonds. The van der Waals surface area contributed by atoms with Crippen LogP contribution in [0.4, 0.5) is 0 Å². The Hall–Kier alpha value is -0.120. The number of rotatable bonds is 0. The quantitative estimate of drug-likeness (QED) is 0.563. The fourth-order valence-electron chi connectivity index (χ4n) is 1.69. The Morgan fingerprint density at radius 2 is 0.786 bits per heavy atom. The second-order valence-electron chi connectivity index (χ2n) is 3.89. The predicted octanol–water partition coefficient (Wildman–Crippen LogP) is 3.39. The van der Waals surface area contributed by atoms with Gasteiger partial charge in [-0.05, 0) is 0 Å². The minimum absolute atomic E-state index is 0.653. The zero-order chi connectivity index (χ0) is 9.90. The highest BCUT2D eigenvalue weighted by atomic mass is 17.5. The lowest BCUT2D eigenvalue weighted by Crippen LogP contribution is -2.08. The standard InChI is InChI=1S/C8H16.C3H6O3/c1-2-4-6-8-7-5-3-1;1-2-4-6-5-3-1/h1-8H2;1-3H2. The van der Waals surface area contributed by atoms with E-state index in [1.54, 1.807) is 0 Å². The SMILES string of the molecule is C1CCCCCCC1.C1COOOC1. The summed E-state index contributed by atoms with van der Waals surface area (Å²) in [6.07, 6.45) is 12.9. The van der Waals surface area contributed by atoms with Crippen molar-refractivity contribution < 1.29 is 14.8 Å². The molecule has 1 saturated carbocycles. The van der Waals surface area contributed by atoms with Crippen LogP contribution in [0.15, 0.2) is 0 Å². The van der Waals surface area contributed by atoms with E-state index in [9.17, 15) is 0 Å². The molecular weight excluding hydrogens is 180 g/mol. The molecule has 0 atom stereocenters. The summed E-state index contributed by atoms with van der Waals surface area (Å²) in [5, 5.41) is 4.07. The lowest BCUT2D eigenvalue weighted by atomic mass is 10.0. The van der Waals surface area contributed by atoms with Crippen LogP contribution in [0.1, 0.15) is 57.8 Å². The van der Waals surface area contributed by atoms with Crippen molar-refractivity contribution in [2.75, 3.05) is 13.2 Å². The summed E-state index contributed by atoms with van der Waals surface area (Å²) >= 11 is 0. The van der Waals surface area contributed by atoms with Gasteiger partial charge in [-0.25, -0.2) is 9.78 Å². The maximum absolute atomic E-state index is 4.35. The molecule has 0 aromatic rings. The summed E-state index contributed by atoms with van der Waals surface area (Å²) in [6, 6.07) is 0. The predicted molar refractivity (Wildman–Crippen MR) is 54.5 cm³/mol. The average Bonchev–Trinajstić information content (AvgIpc) is 2.20. The van der Waals surface area contributed by atoms with Gasteiger partial charge in [0.25, 0.3) is 0 Å². The lowest BCUT2D eigenvalue weighted by molar-refractivity contribution is -0.532. The van der Waals surface area contributed by atoms with Crippen molar-refractivity contribution in [1.82, 2.24) is 0 Å². The largest absolute Gasteiger partial charge is 0.206 e. The molecule has 0 bridgehead atoms. The first-order valence-corrected chi connectivity index (χ1v) is 5.91. The maximum Gasteiger partial charge on any atom is 0.0877 e. The molecule has 1 aliphatic carbocycles. The zero-order valence-corrected chi connectivity index (χ0v) is 9.00. The smallest absolute Gasteiger partial charge is 0.0877 e. The van der Waals surface area contributed by atoms with Crippen LogP contribution in [0, 0.1) is 0 Å². The molecule has 84 valence electrons. The Morgan fingerprint density at radius 3 is 0.929 bits per heavy atom. The van der Waals surface area contributed by atoms with Crippen molar-refractivity contribution in [3.8, 4) is 0 Å². The number of hydrogen-bond donors (Lipinski definition) is 0. The first-order chi connectivity index (χ1) is 7.00. The summed E-state index contributed by atoms with van der Waals surface area (Å²) in [5.74, 6) is 0. The molecule has 0 N–H and O–H groups in total. The maximum atomic E-state index is 4.35. The molecule has 1 heterocycles. The van der Waals surface area contributed by atoms with Crippen LogP contribution in [0.3, 0.4) is 0 Å². The fraction of sp³-hybridized carbons (Fsp3) is 1.00. The summed E-state index contributed by atoms with van der Waals surface area (Å²) in [7, 11) is 0. The molecule has 0 aromatic carbocycles. The lowest BCUT2D eigenvalue weighted by Gasteiger charge is -2.06. The van der Waals surface area contributed by atoms with E-state index in [-0.39, 0.29) is 0 Å². The first-order valence-electron chi connectivity index (χ1n) is 5.91. The monoisotopic (exact) mass is 202 g/mol. The van der Waals surface area contributed by atoms with Crippen LogP contribution in [-0.2, 0) is 14.8 Å². The van der Waals surface area contributed by atoms with Gasteiger partial charge in [-0.2, -0.15) is 0 Å². The van der Waals surface area contributed by atoms with Gasteiger partial charge < -0.3 is 0 Å². The van der Waals surface area contributed by atoms with Gasteiger partial charge in [-0.1, -0.05) is 56.4 Å². The van der Waals surface area contributed by atoms with Crippen molar-refractivity contribution in [2.45, 2.75) is 57.8 Å². The van der Waals surface area contributed by atoms with E-state index in [0.717, 1.165) is 6.42 Å². The van der Waals surface area contributed by atoms with Crippen molar-refractivity contribution in [3.63, 3.8) is 0 Å². The Morgan fingerprint density at radius 1 is 0.429 bits per heavy atom. The van der Waals surface area contributed by atoms with E-state index < -0.39 is 0 Å². The molecule has 0 unspecified atom stereocenters. The van der Waals surface area contributed by atoms with Crippen LogP contribution in [0.2, 0.25) is 0 Å². The van der Waals surface area contributed by atoms with E-state index in [1.807, 2.05) is 0 Å². The van der Waals surface area contributed by atoms with Crippen LogP contribution >= 0.6 is 0 Å². The van der Waals surface area contributed by atoms with Crippen LogP contribution in [0.5, 0.6) is 0 Å². The van der Waals surface area contributed by atoms with Crippen LogP contribution in [-0.4, -0.2) is 13.2 Å². The zero-order valence-electron chi connectivity index (χ0n) is 9.00. The Labute approximate surface area is 86.6 Å². The molecule has 2 rings (SSSR count). The molecule has 3 heteroatoms. The van der Waals surface area contributed by atoms with Crippen molar-refractivity contribution in [2.24, 2.45) is 0 Å². The third-order valence-corrected chi connectivity index (χ3v) is 2.55. The molecule has 2 fully saturated rings. The minimum Gasteiger partial charge on any atom is -0.206 e.